The topological polar surface area (TPSA) is 25.4 Å². The van der Waals surface area contributed by atoms with Gasteiger partial charge in [0.15, 0.2) is 0 Å². The van der Waals surface area contributed by atoms with Gasteiger partial charge in [-0.25, -0.2) is 4.98 Å². The molecule has 0 aliphatic carbocycles. The third-order valence-corrected chi connectivity index (χ3v) is 4.31. The molecule has 2 aliphatic heterocycles. The van der Waals surface area contributed by atoms with Crippen molar-refractivity contribution < 1.29 is 4.74 Å². The molecular weight excluding hydrogens is 224 g/mol. The molecule has 2 aliphatic rings. The van der Waals surface area contributed by atoms with Crippen LogP contribution in [0.2, 0.25) is 0 Å². The molecule has 3 nitrogen and oxygen atoms in total. The van der Waals surface area contributed by atoms with E-state index in [-0.39, 0.29) is 0 Å². The van der Waals surface area contributed by atoms with Gasteiger partial charge in [0.1, 0.15) is 0 Å². The van der Waals surface area contributed by atoms with E-state index in [1.165, 1.54) is 45.2 Å². The van der Waals surface area contributed by atoms with Gasteiger partial charge in [-0.3, -0.25) is 4.90 Å². The van der Waals surface area contributed by atoms with Crippen LogP contribution < -0.4 is 4.74 Å². The van der Waals surface area contributed by atoms with Gasteiger partial charge in [-0.05, 0) is 44.8 Å². The van der Waals surface area contributed by atoms with Crippen molar-refractivity contribution in [1.29, 1.82) is 0 Å². The Bertz CT molecular complexity index is 366. The fourth-order valence-electron chi connectivity index (χ4n) is 3.40. The summed E-state index contributed by atoms with van der Waals surface area (Å²) in [6.07, 6.45) is 8.56. The van der Waals surface area contributed by atoms with Crippen LogP contribution in [0.25, 0.3) is 0 Å². The van der Waals surface area contributed by atoms with Gasteiger partial charge >= 0.3 is 0 Å². The maximum absolute atomic E-state index is 5.86. The Hall–Kier alpha value is -1.09. The molecule has 18 heavy (non-hydrogen) atoms. The molecule has 0 bridgehead atoms. The maximum Gasteiger partial charge on any atom is 0.213 e. The number of pyridine rings is 1. The normalized spacial score (nSPS) is 28.7. The second kappa shape index (κ2) is 5.70. The van der Waals surface area contributed by atoms with Crippen molar-refractivity contribution in [3.05, 3.63) is 24.4 Å². The lowest BCUT2D eigenvalue weighted by Gasteiger charge is -2.44. The average molecular weight is 246 g/mol. The average Bonchev–Trinajstić information content (AvgIpc) is 2.46. The largest absolute Gasteiger partial charge is 0.477 e. The number of ether oxygens (including phenoxy) is 1. The monoisotopic (exact) mass is 246 g/mol. The molecule has 0 amide bonds. The molecule has 0 spiro atoms. The second-order valence-corrected chi connectivity index (χ2v) is 5.48. The number of piperidine rings is 2. The number of fused-ring (bicyclic) bond motifs is 1. The minimum atomic E-state index is 0.695. The van der Waals surface area contributed by atoms with E-state index in [0.29, 0.717) is 5.92 Å². The van der Waals surface area contributed by atoms with E-state index in [0.717, 1.165) is 18.5 Å². The molecule has 3 heteroatoms. The van der Waals surface area contributed by atoms with Crippen LogP contribution in [0.5, 0.6) is 5.88 Å². The Kier molecular flexibility index (Phi) is 3.79. The van der Waals surface area contributed by atoms with E-state index in [4.69, 9.17) is 4.74 Å². The molecule has 3 heterocycles. The van der Waals surface area contributed by atoms with Crippen LogP contribution in [-0.4, -0.2) is 35.6 Å². The van der Waals surface area contributed by atoms with Crippen molar-refractivity contribution in [1.82, 2.24) is 9.88 Å². The van der Waals surface area contributed by atoms with Crippen molar-refractivity contribution in [2.75, 3.05) is 19.7 Å². The Morgan fingerprint density at radius 3 is 3.00 bits per heavy atom. The first-order chi connectivity index (χ1) is 8.93. The maximum atomic E-state index is 5.86. The van der Waals surface area contributed by atoms with E-state index in [2.05, 4.69) is 9.88 Å². The summed E-state index contributed by atoms with van der Waals surface area (Å²) in [5.74, 6) is 1.46. The smallest absolute Gasteiger partial charge is 0.213 e. The lowest BCUT2D eigenvalue weighted by Crippen LogP contribution is -2.49. The Morgan fingerprint density at radius 2 is 2.11 bits per heavy atom. The van der Waals surface area contributed by atoms with Gasteiger partial charge in [-0.2, -0.15) is 0 Å². The molecular formula is C15H22N2O. The van der Waals surface area contributed by atoms with Gasteiger partial charge in [-0.15, -0.1) is 0 Å². The summed E-state index contributed by atoms with van der Waals surface area (Å²) in [7, 11) is 0. The van der Waals surface area contributed by atoms with Crippen molar-refractivity contribution in [3.8, 4) is 5.88 Å². The highest BCUT2D eigenvalue weighted by molar-refractivity contribution is 5.09. The minimum Gasteiger partial charge on any atom is -0.477 e. The van der Waals surface area contributed by atoms with Crippen LogP contribution in [0.15, 0.2) is 24.4 Å². The van der Waals surface area contributed by atoms with Crippen LogP contribution in [0, 0.1) is 5.92 Å². The van der Waals surface area contributed by atoms with Gasteiger partial charge in [0.05, 0.1) is 6.61 Å². The highest BCUT2D eigenvalue weighted by Crippen LogP contribution is 2.31. The fraction of sp³-hybridized carbons (Fsp3) is 0.667. The first kappa shape index (κ1) is 12.0. The summed E-state index contributed by atoms with van der Waals surface area (Å²) in [5.41, 5.74) is 0. The minimum absolute atomic E-state index is 0.695. The van der Waals surface area contributed by atoms with E-state index in [1.807, 2.05) is 18.2 Å². The first-order valence-electron chi connectivity index (χ1n) is 7.21. The van der Waals surface area contributed by atoms with Crippen molar-refractivity contribution in [2.45, 2.75) is 38.1 Å². The summed E-state index contributed by atoms with van der Waals surface area (Å²) >= 11 is 0. The van der Waals surface area contributed by atoms with E-state index < -0.39 is 0 Å². The summed E-state index contributed by atoms with van der Waals surface area (Å²) in [6.45, 7) is 3.42. The third kappa shape index (κ3) is 2.66. The summed E-state index contributed by atoms with van der Waals surface area (Å²) in [4.78, 5) is 6.91. The van der Waals surface area contributed by atoms with Crippen LogP contribution >= 0.6 is 0 Å². The summed E-state index contributed by atoms with van der Waals surface area (Å²) in [6, 6.07) is 6.62. The Balaban J connectivity index is 1.58. The second-order valence-electron chi connectivity index (χ2n) is 5.48. The van der Waals surface area contributed by atoms with Crippen LogP contribution in [0.1, 0.15) is 32.1 Å². The van der Waals surface area contributed by atoms with E-state index in [9.17, 15) is 0 Å². The molecule has 0 radical (unpaired) electrons. The number of rotatable bonds is 3. The molecule has 2 fully saturated rings. The van der Waals surface area contributed by atoms with Crippen molar-refractivity contribution in [3.63, 3.8) is 0 Å². The molecule has 0 N–H and O–H groups in total. The van der Waals surface area contributed by atoms with Crippen molar-refractivity contribution >= 4 is 0 Å². The van der Waals surface area contributed by atoms with Gasteiger partial charge in [0, 0.05) is 24.2 Å². The first-order valence-corrected chi connectivity index (χ1v) is 7.21. The van der Waals surface area contributed by atoms with Crippen LogP contribution in [0.3, 0.4) is 0 Å². The van der Waals surface area contributed by atoms with Gasteiger partial charge in [-0.1, -0.05) is 12.5 Å². The number of nitrogens with zero attached hydrogens (tertiary/aromatic N) is 2. The third-order valence-electron chi connectivity index (χ3n) is 4.31. The summed E-state index contributed by atoms with van der Waals surface area (Å²) in [5, 5.41) is 0. The quantitative estimate of drug-likeness (QED) is 0.820. The zero-order valence-corrected chi connectivity index (χ0v) is 10.9. The SMILES string of the molecule is c1ccc(OCC2CCCN3CCCCC23)nc1. The molecule has 2 unspecified atom stereocenters. The highest BCUT2D eigenvalue weighted by Gasteiger charge is 2.33. The Morgan fingerprint density at radius 1 is 1.17 bits per heavy atom. The van der Waals surface area contributed by atoms with Crippen molar-refractivity contribution in [2.24, 2.45) is 5.92 Å². The predicted molar refractivity (Wildman–Crippen MR) is 71.7 cm³/mol. The van der Waals surface area contributed by atoms with Gasteiger partial charge in [0.25, 0.3) is 0 Å². The van der Waals surface area contributed by atoms with Gasteiger partial charge < -0.3 is 4.74 Å². The molecule has 1 aromatic rings. The van der Waals surface area contributed by atoms with E-state index >= 15 is 0 Å². The molecule has 3 rings (SSSR count). The van der Waals surface area contributed by atoms with Crippen LogP contribution in [0.4, 0.5) is 0 Å². The molecule has 98 valence electrons. The molecule has 2 saturated heterocycles. The lowest BCUT2D eigenvalue weighted by molar-refractivity contribution is 0.0357. The highest BCUT2D eigenvalue weighted by atomic mass is 16.5. The number of hydrogen-bond acceptors (Lipinski definition) is 3. The van der Waals surface area contributed by atoms with Gasteiger partial charge in [0.2, 0.25) is 5.88 Å². The Labute approximate surface area is 109 Å². The zero-order chi connectivity index (χ0) is 12.2. The standard InChI is InChI=1S/C15H22N2O/c1-3-9-16-15(8-1)18-12-13-6-5-11-17-10-4-2-7-14(13)17/h1,3,8-9,13-14H,2,4-7,10-12H2. The fourth-order valence-corrected chi connectivity index (χ4v) is 3.40. The number of aromatic nitrogens is 1. The summed E-state index contributed by atoms with van der Waals surface area (Å²) < 4.78 is 5.86. The molecule has 1 aromatic heterocycles. The molecule has 0 aromatic carbocycles. The number of hydrogen-bond donors (Lipinski definition) is 0. The zero-order valence-electron chi connectivity index (χ0n) is 10.9. The molecule has 2 atom stereocenters. The predicted octanol–water partition coefficient (Wildman–Crippen LogP) is 2.72. The van der Waals surface area contributed by atoms with E-state index in [1.54, 1.807) is 6.20 Å². The molecule has 0 saturated carbocycles. The lowest BCUT2D eigenvalue weighted by atomic mass is 9.84. The van der Waals surface area contributed by atoms with Crippen LogP contribution in [-0.2, 0) is 0 Å².